The number of halogens is 1. The van der Waals surface area contributed by atoms with Gasteiger partial charge in [0, 0.05) is 29.0 Å². The minimum atomic E-state index is 0. The molecule has 23 heavy (non-hydrogen) atoms. The fraction of sp³-hybridized carbons (Fsp3) is 0.588. The summed E-state index contributed by atoms with van der Waals surface area (Å²) in [6.07, 6.45) is 6.00. The number of aromatic nitrogens is 1. The standard InChI is InChI=1S/C17H23N3S2.ClH/c1-13-2-8-21-14(13)11-20(12-16-19-7-9-22-16)15-10-17(15)3-5-18-6-4-17;/h2,7-9,15,18H,3-6,10-12H2,1H3;1H. The van der Waals surface area contributed by atoms with Gasteiger partial charge >= 0.3 is 0 Å². The van der Waals surface area contributed by atoms with Crippen LogP contribution in [0, 0.1) is 12.3 Å². The first kappa shape index (κ1) is 17.4. The van der Waals surface area contributed by atoms with Crippen molar-refractivity contribution in [1.82, 2.24) is 15.2 Å². The summed E-state index contributed by atoms with van der Waals surface area (Å²) in [5, 5.41) is 9.08. The Hall–Kier alpha value is -0.460. The summed E-state index contributed by atoms with van der Waals surface area (Å²) in [5.74, 6) is 0. The largest absolute Gasteiger partial charge is 0.317 e. The maximum absolute atomic E-state index is 4.52. The van der Waals surface area contributed by atoms with Gasteiger partial charge in [0.25, 0.3) is 0 Å². The van der Waals surface area contributed by atoms with Crippen molar-refractivity contribution in [3.8, 4) is 0 Å². The van der Waals surface area contributed by atoms with E-state index in [2.05, 4.69) is 39.0 Å². The molecule has 4 rings (SSSR count). The molecule has 1 unspecified atom stereocenters. The molecule has 0 radical (unpaired) electrons. The predicted molar refractivity (Wildman–Crippen MR) is 101 cm³/mol. The Bertz CT molecular complexity index is 620. The summed E-state index contributed by atoms with van der Waals surface area (Å²) < 4.78 is 0. The summed E-state index contributed by atoms with van der Waals surface area (Å²) in [7, 11) is 0. The molecule has 2 aliphatic rings. The number of nitrogens with one attached hydrogen (secondary N) is 1. The SMILES string of the molecule is Cc1ccsc1CN(Cc1nccs1)C1CC12CCNCC2.Cl. The minimum absolute atomic E-state index is 0. The second-order valence-electron chi connectivity index (χ2n) is 6.69. The van der Waals surface area contributed by atoms with E-state index in [1.807, 2.05) is 17.5 Å². The fourth-order valence-corrected chi connectivity index (χ4v) is 5.41. The van der Waals surface area contributed by atoms with Crippen LogP contribution in [-0.4, -0.2) is 29.0 Å². The second-order valence-corrected chi connectivity index (χ2v) is 8.67. The zero-order valence-corrected chi connectivity index (χ0v) is 15.9. The van der Waals surface area contributed by atoms with E-state index in [1.54, 1.807) is 11.3 Å². The van der Waals surface area contributed by atoms with Crippen LogP contribution in [-0.2, 0) is 13.1 Å². The van der Waals surface area contributed by atoms with E-state index in [9.17, 15) is 0 Å². The highest BCUT2D eigenvalue weighted by molar-refractivity contribution is 7.10. The normalized spacial score (nSPS) is 22.3. The van der Waals surface area contributed by atoms with Crippen molar-refractivity contribution in [1.29, 1.82) is 0 Å². The molecule has 6 heteroatoms. The number of piperidine rings is 1. The average Bonchev–Trinajstić information content (AvgIpc) is 2.90. The Morgan fingerprint density at radius 3 is 2.74 bits per heavy atom. The molecule has 0 aromatic carbocycles. The van der Waals surface area contributed by atoms with Crippen molar-refractivity contribution in [2.45, 2.75) is 45.3 Å². The monoisotopic (exact) mass is 369 g/mol. The lowest BCUT2D eigenvalue weighted by atomic mass is 9.93. The Morgan fingerprint density at radius 2 is 2.09 bits per heavy atom. The summed E-state index contributed by atoms with van der Waals surface area (Å²) in [6, 6.07) is 2.99. The van der Waals surface area contributed by atoms with E-state index in [-0.39, 0.29) is 12.4 Å². The van der Waals surface area contributed by atoms with Gasteiger partial charge in [-0.1, -0.05) is 0 Å². The number of aryl methyl sites for hydroxylation is 1. The molecule has 3 heterocycles. The van der Waals surface area contributed by atoms with Crippen LogP contribution in [0.3, 0.4) is 0 Å². The third-order valence-electron chi connectivity index (χ3n) is 5.32. The van der Waals surface area contributed by atoms with Gasteiger partial charge in [0.05, 0.1) is 6.54 Å². The van der Waals surface area contributed by atoms with Crippen LogP contribution in [0.2, 0.25) is 0 Å². The van der Waals surface area contributed by atoms with Crippen LogP contribution >= 0.6 is 35.1 Å². The lowest BCUT2D eigenvalue weighted by molar-refractivity contribution is 0.189. The number of nitrogens with zero attached hydrogens (tertiary/aromatic N) is 2. The van der Waals surface area contributed by atoms with Crippen molar-refractivity contribution < 1.29 is 0 Å². The van der Waals surface area contributed by atoms with E-state index < -0.39 is 0 Å². The quantitative estimate of drug-likeness (QED) is 0.860. The predicted octanol–water partition coefficient (Wildman–Crippen LogP) is 4.08. The van der Waals surface area contributed by atoms with Gasteiger partial charge in [-0.05, 0) is 61.7 Å². The van der Waals surface area contributed by atoms with Crippen LogP contribution in [0.15, 0.2) is 23.0 Å². The number of hydrogen-bond donors (Lipinski definition) is 1. The Labute approximate surface area is 152 Å². The first-order valence-electron chi connectivity index (χ1n) is 8.13. The molecule has 2 aromatic heterocycles. The van der Waals surface area contributed by atoms with Crippen LogP contribution in [0.5, 0.6) is 0 Å². The smallest absolute Gasteiger partial charge is 0.107 e. The highest BCUT2D eigenvalue weighted by Gasteiger charge is 2.56. The molecule has 1 atom stereocenters. The maximum Gasteiger partial charge on any atom is 0.107 e. The molecule has 2 fully saturated rings. The molecule has 126 valence electrons. The van der Waals surface area contributed by atoms with Crippen molar-refractivity contribution in [2.24, 2.45) is 5.41 Å². The van der Waals surface area contributed by atoms with Gasteiger partial charge in [0.15, 0.2) is 0 Å². The van der Waals surface area contributed by atoms with Crippen LogP contribution in [0.1, 0.15) is 34.7 Å². The number of hydrogen-bond acceptors (Lipinski definition) is 5. The topological polar surface area (TPSA) is 28.2 Å². The number of rotatable bonds is 5. The highest BCUT2D eigenvalue weighted by Crippen LogP contribution is 2.56. The average molecular weight is 370 g/mol. The van der Waals surface area contributed by atoms with Gasteiger partial charge in [0.2, 0.25) is 0 Å². The first-order valence-corrected chi connectivity index (χ1v) is 9.89. The van der Waals surface area contributed by atoms with Gasteiger partial charge in [-0.3, -0.25) is 4.90 Å². The first-order chi connectivity index (χ1) is 10.8. The molecular formula is C17H24ClN3S2. The highest BCUT2D eigenvalue weighted by atomic mass is 35.5. The number of thiazole rings is 1. The van der Waals surface area contributed by atoms with Gasteiger partial charge < -0.3 is 5.32 Å². The van der Waals surface area contributed by atoms with E-state index in [0.29, 0.717) is 5.41 Å². The van der Waals surface area contributed by atoms with Gasteiger partial charge in [-0.2, -0.15) is 0 Å². The third-order valence-corrected chi connectivity index (χ3v) is 7.10. The van der Waals surface area contributed by atoms with E-state index in [0.717, 1.165) is 19.1 Å². The summed E-state index contributed by atoms with van der Waals surface area (Å²) in [5.41, 5.74) is 2.03. The molecule has 3 nitrogen and oxygen atoms in total. The second kappa shape index (κ2) is 7.19. The molecule has 1 saturated carbocycles. The van der Waals surface area contributed by atoms with Crippen molar-refractivity contribution >= 4 is 35.1 Å². The summed E-state index contributed by atoms with van der Waals surface area (Å²) >= 11 is 3.69. The lowest BCUT2D eigenvalue weighted by Crippen LogP contribution is -2.35. The Morgan fingerprint density at radius 1 is 1.26 bits per heavy atom. The fourth-order valence-electron chi connectivity index (χ4n) is 3.84. The minimum Gasteiger partial charge on any atom is -0.317 e. The van der Waals surface area contributed by atoms with Gasteiger partial charge in [-0.15, -0.1) is 35.1 Å². The number of thiophene rings is 1. The van der Waals surface area contributed by atoms with E-state index in [4.69, 9.17) is 0 Å². The molecule has 1 aliphatic carbocycles. The maximum atomic E-state index is 4.52. The lowest BCUT2D eigenvalue weighted by Gasteiger charge is -2.29. The van der Waals surface area contributed by atoms with E-state index >= 15 is 0 Å². The summed E-state index contributed by atoms with van der Waals surface area (Å²) in [4.78, 5) is 8.74. The van der Waals surface area contributed by atoms with Gasteiger partial charge in [0.1, 0.15) is 5.01 Å². The Balaban J connectivity index is 0.00000156. The summed E-state index contributed by atoms with van der Waals surface area (Å²) in [6.45, 7) is 6.72. The Kier molecular flexibility index (Phi) is 5.43. The molecule has 2 aromatic rings. The van der Waals surface area contributed by atoms with Crippen molar-refractivity contribution in [3.05, 3.63) is 38.5 Å². The third kappa shape index (κ3) is 3.64. The zero-order valence-electron chi connectivity index (χ0n) is 13.5. The van der Waals surface area contributed by atoms with Crippen LogP contribution < -0.4 is 5.32 Å². The van der Waals surface area contributed by atoms with Crippen LogP contribution in [0.25, 0.3) is 0 Å². The van der Waals surface area contributed by atoms with Crippen LogP contribution in [0.4, 0.5) is 0 Å². The molecule has 0 bridgehead atoms. The zero-order chi connectivity index (χ0) is 15.0. The van der Waals surface area contributed by atoms with E-state index in [1.165, 1.54) is 47.8 Å². The van der Waals surface area contributed by atoms with Gasteiger partial charge in [-0.25, -0.2) is 4.98 Å². The molecule has 1 aliphatic heterocycles. The molecule has 1 spiro atoms. The molecular weight excluding hydrogens is 346 g/mol. The molecule has 0 amide bonds. The van der Waals surface area contributed by atoms with Crippen molar-refractivity contribution in [2.75, 3.05) is 13.1 Å². The van der Waals surface area contributed by atoms with Crippen molar-refractivity contribution in [3.63, 3.8) is 0 Å². The molecule has 1 N–H and O–H groups in total. The molecule has 1 saturated heterocycles.